The van der Waals surface area contributed by atoms with Crippen molar-refractivity contribution in [1.29, 1.82) is 0 Å². The maximum absolute atomic E-state index is 12.6. The van der Waals surface area contributed by atoms with Gasteiger partial charge < -0.3 is 25.2 Å². The number of aliphatic carboxylic acids is 2. The quantitative estimate of drug-likeness (QED) is 0.470. The second kappa shape index (κ2) is 13.7. The summed E-state index contributed by atoms with van der Waals surface area (Å²) in [5.74, 6) is -4.04. The lowest BCUT2D eigenvalue weighted by atomic mass is 9.84. The highest BCUT2D eigenvalue weighted by molar-refractivity contribution is 5.92. The molecule has 0 unspecified atom stereocenters. The van der Waals surface area contributed by atoms with Crippen LogP contribution in [0.1, 0.15) is 16.9 Å². The van der Waals surface area contributed by atoms with Crippen molar-refractivity contribution in [2.75, 3.05) is 31.6 Å². The average molecular weight is 567 g/mol. The number of carbonyl (C=O) groups excluding carboxylic acids is 1. The number of carboxylic acid groups (broad SMARTS) is 2. The summed E-state index contributed by atoms with van der Waals surface area (Å²) in [5, 5.41) is 17.5. The Morgan fingerprint density at radius 1 is 0.949 bits per heavy atom. The molecular formula is C22H23F6N5O6. The first kappa shape index (κ1) is 31.2. The first-order chi connectivity index (χ1) is 18.2. The van der Waals surface area contributed by atoms with Gasteiger partial charge in [-0.3, -0.25) is 9.78 Å². The molecule has 2 fully saturated rings. The Hall–Kier alpha value is -4.02. The molecule has 2 aliphatic heterocycles. The highest BCUT2D eigenvalue weighted by Crippen LogP contribution is 2.34. The van der Waals surface area contributed by atoms with Crippen molar-refractivity contribution in [3.8, 4) is 0 Å². The highest BCUT2D eigenvalue weighted by Gasteiger charge is 2.42. The van der Waals surface area contributed by atoms with Crippen LogP contribution in [0, 0.1) is 11.8 Å². The van der Waals surface area contributed by atoms with Crippen molar-refractivity contribution in [2.45, 2.75) is 24.9 Å². The zero-order chi connectivity index (χ0) is 29.2. The molecule has 2 aromatic heterocycles. The van der Waals surface area contributed by atoms with E-state index in [1.54, 1.807) is 30.7 Å². The standard InChI is InChI=1S/C18H21N5O2.2C2HF3O2/c24-17(15-4-1-2-6-19-15)23-9-5-14-13(11-23)12-25-16(14)10-22-18-20-7-3-8-21-18;2*3-2(4,5)1(6)7/h1-4,6-8,13-14,16H,5,9-12H2,(H,20,21,22);2*(H,6,7)/t13-,14-,16+;;/m1../s1. The van der Waals surface area contributed by atoms with Gasteiger partial charge in [0.2, 0.25) is 5.95 Å². The number of fused-ring (bicyclic) bond motifs is 1. The SMILES string of the molecule is O=C(O)C(F)(F)F.O=C(O)C(F)(F)F.O=C(c1ccccn1)N1CC[C@@H]2[C@@H](CO[C@H]2CNc2ncccn2)C1. The molecule has 39 heavy (non-hydrogen) atoms. The third-order valence-electron chi connectivity index (χ3n) is 5.48. The Morgan fingerprint density at radius 2 is 1.51 bits per heavy atom. The van der Waals surface area contributed by atoms with E-state index in [1.807, 2.05) is 17.0 Å². The number of hydrogen-bond acceptors (Lipinski definition) is 8. The fourth-order valence-electron chi connectivity index (χ4n) is 3.72. The molecule has 0 bridgehead atoms. The fourth-order valence-corrected chi connectivity index (χ4v) is 3.72. The molecule has 214 valence electrons. The Bertz CT molecular complexity index is 1070. The van der Waals surface area contributed by atoms with Crippen molar-refractivity contribution >= 4 is 23.8 Å². The van der Waals surface area contributed by atoms with Crippen molar-refractivity contribution in [2.24, 2.45) is 11.8 Å². The molecule has 0 aliphatic carbocycles. The van der Waals surface area contributed by atoms with E-state index in [9.17, 15) is 31.1 Å². The van der Waals surface area contributed by atoms with Gasteiger partial charge in [0.15, 0.2) is 0 Å². The molecule has 1 amide bonds. The number of piperidine rings is 1. The molecule has 17 heteroatoms. The number of carbonyl (C=O) groups is 3. The number of amides is 1. The van der Waals surface area contributed by atoms with Crippen molar-refractivity contribution in [3.63, 3.8) is 0 Å². The summed E-state index contributed by atoms with van der Waals surface area (Å²) in [6.07, 6.45) is -3.98. The number of hydrogen-bond donors (Lipinski definition) is 3. The van der Waals surface area contributed by atoms with Crippen LogP contribution in [0.4, 0.5) is 32.3 Å². The third-order valence-corrected chi connectivity index (χ3v) is 5.48. The first-order valence-corrected chi connectivity index (χ1v) is 11.1. The van der Waals surface area contributed by atoms with Gasteiger partial charge in [-0.2, -0.15) is 26.3 Å². The minimum absolute atomic E-state index is 0.0123. The van der Waals surface area contributed by atoms with Crippen LogP contribution in [0.15, 0.2) is 42.9 Å². The van der Waals surface area contributed by atoms with Crippen LogP contribution in [0.3, 0.4) is 0 Å². The number of alkyl halides is 6. The summed E-state index contributed by atoms with van der Waals surface area (Å²) in [6.45, 7) is 2.87. The Morgan fingerprint density at radius 3 is 2.03 bits per heavy atom. The van der Waals surface area contributed by atoms with E-state index in [1.165, 1.54) is 0 Å². The van der Waals surface area contributed by atoms with E-state index in [2.05, 4.69) is 20.3 Å². The predicted octanol–water partition coefficient (Wildman–Crippen LogP) is 2.73. The van der Waals surface area contributed by atoms with Gasteiger partial charge in [0, 0.05) is 44.1 Å². The van der Waals surface area contributed by atoms with Crippen LogP contribution in [-0.4, -0.2) is 92.6 Å². The maximum atomic E-state index is 12.6. The topological polar surface area (TPSA) is 155 Å². The van der Waals surface area contributed by atoms with Crippen LogP contribution >= 0.6 is 0 Å². The summed E-state index contributed by atoms with van der Waals surface area (Å²) in [6, 6.07) is 7.23. The number of anilines is 1. The lowest BCUT2D eigenvalue weighted by molar-refractivity contribution is -0.193. The number of aromatic nitrogens is 3. The zero-order valence-corrected chi connectivity index (χ0v) is 19.9. The number of halogens is 6. The van der Waals surface area contributed by atoms with Gasteiger partial charge in [-0.1, -0.05) is 6.07 Å². The number of pyridine rings is 1. The number of nitrogens with zero attached hydrogens (tertiary/aromatic N) is 4. The smallest absolute Gasteiger partial charge is 0.475 e. The predicted molar refractivity (Wildman–Crippen MR) is 119 cm³/mol. The van der Waals surface area contributed by atoms with Crippen LogP contribution in [0.2, 0.25) is 0 Å². The molecule has 0 radical (unpaired) electrons. The van der Waals surface area contributed by atoms with E-state index in [4.69, 9.17) is 24.5 Å². The maximum Gasteiger partial charge on any atom is 0.490 e. The molecule has 2 aromatic rings. The zero-order valence-electron chi connectivity index (χ0n) is 19.9. The molecule has 2 aliphatic rings. The molecule has 2 saturated heterocycles. The van der Waals surface area contributed by atoms with Crippen LogP contribution in [-0.2, 0) is 14.3 Å². The van der Waals surface area contributed by atoms with E-state index >= 15 is 0 Å². The van der Waals surface area contributed by atoms with E-state index in [0.717, 1.165) is 19.5 Å². The van der Waals surface area contributed by atoms with E-state index in [0.29, 0.717) is 36.6 Å². The molecule has 4 heterocycles. The summed E-state index contributed by atoms with van der Waals surface area (Å²) < 4.78 is 69.5. The Balaban J connectivity index is 0.000000317. The van der Waals surface area contributed by atoms with Gasteiger partial charge in [-0.25, -0.2) is 19.6 Å². The van der Waals surface area contributed by atoms with Crippen LogP contribution in [0.25, 0.3) is 0 Å². The fraction of sp³-hybridized carbons (Fsp3) is 0.455. The number of ether oxygens (including phenoxy) is 1. The molecule has 3 atom stereocenters. The molecule has 0 aromatic carbocycles. The highest BCUT2D eigenvalue weighted by atomic mass is 19.4. The van der Waals surface area contributed by atoms with Gasteiger partial charge in [-0.05, 0) is 30.5 Å². The molecule has 11 nitrogen and oxygen atoms in total. The van der Waals surface area contributed by atoms with Crippen molar-refractivity contribution in [3.05, 3.63) is 48.5 Å². The molecular weight excluding hydrogens is 544 g/mol. The lowest BCUT2D eigenvalue weighted by Crippen LogP contribution is -2.45. The second-order valence-electron chi connectivity index (χ2n) is 8.11. The molecule has 4 rings (SSSR count). The number of carboxylic acids is 2. The summed E-state index contributed by atoms with van der Waals surface area (Å²) in [5.41, 5.74) is 0.513. The largest absolute Gasteiger partial charge is 0.490 e. The van der Waals surface area contributed by atoms with E-state index < -0.39 is 24.3 Å². The van der Waals surface area contributed by atoms with Gasteiger partial charge in [0.05, 0.1) is 12.7 Å². The normalized spacial score (nSPS) is 20.4. The van der Waals surface area contributed by atoms with Crippen molar-refractivity contribution < 1.29 is 55.7 Å². The van der Waals surface area contributed by atoms with Gasteiger partial charge in [0.1, 0.15) is 5.69 Å². The van der Waals surface area contributed by atoms with Gasteiger partial charge in [0.25, 0.3) is 5.91 Å². The summed E-state index contributed by atoms with van der Waals surface area (Å²) >= 11 is 0. The summed E-state index contributed by atoms with van der Waals surface area (Å²) in [7, 11) is 0. The number of rotatable bonds is 4. The third kappa shape index (κ3) is 9.99. The Kier molecular flexibility index (Phi) is 10.9. The second-order valence-corrected chi connectivity index (χ2v) is 8.11. The molecule has 0 spiro atoms. The monoisotopic (exact) mass is 567 g/mol. The minimum atomic E-state index is -5.08. The summed E-state index contributed by atoms with van der Waals surface area (Å²) in [4.78, 5) is 44.8. The molecule has 0 saturated carbocycles. The number of likely N-dealkylation sites (tertiary alicyclic amines) is 1. The molecule has 3 N–H and O–H groups in total. The van der Waals surface area contributed by atoms with Crippen LogP contribution in [0.5, 0.6) is 0 Å². The number of nitrogens with one attached hydrogen (secondary N) is 1. The van der Waals surface area contributed by atoms with Gasteiger partial charge >= 0.3 is 24.3 Å². The van der Waals surface area contributed by atoms with Crippen LogP contribution < -0.4 is 5.32 Å². The Labute approximate surface area is 216 Å². The first-order valence-electron chi connectivity index (χ1n) is 11.1. The lowest BCUT2D eigenvalue weighted by Gasteiger charge is -2.35. The van der Waals surface area contributed by atoms with Gasteiger partial charge in [-0.15, -0.1) is 0 Å². The average Bonchev–Trinajstić information content (AvgIpc) is 3.30. The van der Waals surface area contributed by atoms with Crippen molar-refractivity contribution in [1.82, 2.24) is 19.9 Å². The minimum Gasteiger partial charge on any atom is -0.475 e. The van der Waals surface area contributed by atoms with E-state index in [-0.39, 0.29) is 12.0 Å².